The largest absolute Gasteiger partial charge is 0.497 e. The highest BCUT2D eigenvalue weighted by atomic mass is 16.5. The molecule has 0 aromatic heterocycles. The van der Waals surface area contributed by atoms with Gasteiger partial charge in [-0.3, -0.25) is 9.89 Å². The van der Waals surface area contributed by atoms with Crippen molar-refractivity contribution in [2.45, 2.75) is 44.6 Å². The van der Waals surface area contributed by atoms with Gasteiger partial charge in [0.15, 0.2) is 5.96 Å². The molecule has 28 heavy (non-hydrogen) atoms. The molecule has 2 saturated heterocycles. The number of methoxy groups -OCH3 is 1. The summed E-state index contributed by atoms with van der Waals surface area (Å²) in [6.07, 6.45) is 5.75. The number of nitrogens with zero attached hydrogens (tertiary/aromatic N) is 2. The molecule has 2 N–H and O–H groups in total. The summed E-state index contributed by atoms with van der Waals surface area (Å²) >= 11 is 0. The maximum absolute atomic E-state index is 5.65. The monoisotopic (exact) mass is 388 g/mol. The Labute approximate surface area is 169 Å². The maximum atomic E-state index is 5.65. The second-order valence-electron chi connectivity index (χ2n) is 7.75. The summed E-state index contributed by atoms with van der Waals surface area (Å²) in [5, 5.41) is 6.91. The van der Waals surface area contributed by atoms with E-state index in [-0.39, 0.29) is 5.54 Å². The third-order valence-corrected chi connectivity index (χ3v) is 5.94. The lowest BCUT2D eigenvalue weighted by Crippen LogP contribution is -2.54. The third-order valence-electron chi connectivity index (χ3n) is 5.94. The Kier molecular flexibility index (Phi) is 7.98. The van der Waals surface area contributed by atoms with Gasteiger partial charge in [0.2, 0.25) is 0 Å². The van der Waals surface area contributed by atoms with E-state index in [0.717, 1.165) is 63.8 Å². The summed E-state index contributed by atoms with van der Waals surface area (Å²) in [6.45, 7) is 8.81. The standard InChI is InChI=1S/C22H36N4O2/c1-3-23-21(24-13-10-19-6-8-20(27-2)9-7-19)25-18-22(11-16-28-17-12-22)26-14-4-5-15-26/h6-9H,3-5,10-18H2,1-2H3,(H2,23,24,25). The summed E-state index contributed by atoms with van der Waals surface area (Å²) in [4.78, 5) is 7.66. The molecule has 1 aromatic carbocycles. The van der Waals surface area contributed by atoms with Crippen LogP contribution in [-0.2, 0) is 11.2 Å². The summed E-state index contributed by atoms with van der Waals surface area (Å²) in [6, 6.07) is 8.27. The number of rotatable bonds is 8. The fourth-order valence-electron chi connectivity index (χ4n) is 4.20. The van der Waals surface area contributed by atoms with Crippen LogP contribution < -0.4 is 15.4 Å². The average molecular weight is 389 g/mol. The first-order chi connectivity index (χ1) is 13.8. The van der Waals surface area contributed by atoms with Gasteiger partial charge in [0.25, 0.3) is 0 Å². The van der Waals surface area contributed by atoms with Gasteiger partial charge >= 0.3 is 0 Å². The van der Waals surface area contributed by atoms with E-state index in [9.17, 15) is 0 Å². The lowest BCUT2D eigenvalue weighted by molar-refractivity contribution is -0.0139. The fourth-order valence-corrected chi connectivity index (χ4v) is 4.20. The summed E-state index contributed by atoms with van der Waals surface area (Å²) < 4.78 is 10.9. The van der Waals surface area contributed by atoms with Crippen LogP contribution in [0.15, 0.2) is 29.3 Å². The van der Waals surface area contributed by atoms with Crippen LogP contribution >= 0.6 is 0 Å². The van der Waals surface area contributed by atoms with E-state index < -0.39 is 0 Å². The highest BCUT2D eigenvalue weighted by molar-refractivity contribution is 5.79. The first-order valence-electron chi connectivity index (χ1n) is 10.7. The van der Waals surface area contributed by atoms with Gasteiger partial charge < -0.3 is 20.1 Å². The number of ether oxygens (including phenoxy) is 2. The second kappa shape index (κ2) is 10.7. The van der Waals surface area contributed by atoms with Crippen molar-refractivity contribution in [3.63, 3.8) is 0 Å². The van der Waals surface area contributed by atoms with Crippen molar-refractivity contribution in [2.24, 2.45) is 4.99 Å². The van der Waals surface area contributed by atoms with Gasteiger partial charge in [-0.15, -0.1) is 0 Å². The lowest BCUT2D eigenvalue weighted by atomic mass is 9.88. The van der Waals surface area contributed by atoms with Crippen molar-refractivity contribution in [3.05, 3.63) is 29.8 Å². The van der Waals surface area contributed by atoms with Crippen molar-refractivity contribution in [1.82, 2.24) is 15.5 Å². The first kappa shape index (κ1) is 20.9. The number of guanidine groups is 1. The minimum atomic E-state index is 0.174. The van der Waals surface area contributed by atoms with Crippen LogP contribution in [-0.4, -0.2) is 69.4 Å². The smallest absolute Gasteiger partial charge is 0.191 e. The van der Waals surface area contributed by atoms with Crippen LogP contribution in [0, 0.1) is 0 Å². The zero-order chi connectivity index (χ0) is 19.7. The Morgan fingerprint density at radius 3 is 2.50 bits per heavy atom. The third kappa shape index (κ3) is 5.61. The Morgan fingerprint density at radius 2 is 1.86 bits per heavy atom. The average Bonchev–Trinajstić information content (AvgIpc) is 3.29. The van der Waals surface area contributed by atoms with Gasteiger partial charge in [-0.25, -0.2) is 0 Å². The topological polar surface area (TPSA) is 58.1 Å². The van der Waals surface area contributed by atoms with Crippen molar-refractivity contribution in [1.29, 1.82) is 0 Å². The van der Waals surface area contributed by atoms with Crippen molar-refractivity contribution < 1.29 is 9.47 Å². The highest BCUT2D eigenvalue weighted by Crippen LogP contribution is 2.31. The molecule has 2 aliphatic heterocycles. The highest BCUT2D eigenvalue weighted by Gasteiger charge is 2.39. The minimum Gasteiger partial charge on any atom is -0.497 e. The molecule has 156 valence electrons. The molecule has 0 saturated carbocycles. The zero-order valence-electron chi connectivity index (χ0n) is 17.5. The van der Waals surface area contributed by atoms with Crippen LogP contribution in [0.4, 0.5) is 0 Å². The maximum Gasteiger partial charge on any atom is 0.191 e. The molecule has 0 unspecified atom stereocenters. The van der Waals surface area contributed by atoms with Crippen molar-refractivity contribution in [2.75, 3.05) is 53.0 Å². The molecule has 0 aliphatic carbocycles. The molecule has 6 nitrogen and oxygen atoms in total. The Hall–Kier alpha value is -1.79. The predicted octanol–water partition coefficient (Wildman–Crippen LogP) is 2.44. The van der Waals surface area contributed by atoms with E-state index in [0.29, 0.717) is 0 Å². The number of benzene rings is 1. The molecule has 1 aromatic rings. The molecule has 2 aliphatic rings. The van der Waals surface area contributed by atoms with E-state index in [1.54, 1.807) is 7.11 Å². The summed E-state index contributed by atoms with van der Waals surface area (Å²) in [5.41, 5.74) is 1.47. The molecular formula is C22H36N4O2. The molecule has 0 radical (unpaired) electrons. The van der Waals surface area contributed by atoms with E-state index in [1.807, 2.05) is 12.1 Å². The van der Waals surface area contributed by atoms with Crippen LogP contribution in [0.25, 0.3) is 0 Å². The molecule has 3 rings (SSSR count). The molecule has 0 atom stereocenters. The lowest BCUT2D eigenvalue weighted by Gasteiger charge is -2.43. The van der Waals surface area contributed by atoms with Gasteiger partial charge in [0.05, 0.1) is 13.7 Å². The molecule has 0 spiro atoms. The van der Waals surface area contributed by atoms with Crippen molar-refractivity contribution in [3.8, 4) is 5.75 Å². The SMILES string of the molecule is CCNC(=NCC1(N2CCCC2)CCOCC1)NCCc1ccc(OC)cc1. The van der Waals surface area contributed by atoms with E-state index in [2.05, 4.69) is 34.6 Å². The van der Waals surface area contributed by atoms with Crippen molar-refractivity contribution >= 4 is 5.96 Å². The minimum absolute atomic E-state index is 0.174. The Balaban J connectivity index is 1.57. The first-order valence-corrected chi connectivity index (χ1v) is 10.7. The molecule has 6 heteroatoms. The van der Waals surface area contributed by atoms with Gasteiger partial charge in [0.1, 0.15) is 5.75 Å². The number of hydrogen-bond acceptors (Lipinski definition) is 4. The van der Waals surface area contributed by atoms with Crippen LogP contribution in [0.1, 0.15) is 38.2 Å². The normalized spacial score (nSPS) is 20.1. The van der Waals surface area contributed by atoms with Crippen LogP contribution in [0.3, 0.4) is 0 Å². The molecule has 0 bridgehead atoms. The Bertz CT molecular complexity index is 605. The number of hydrogen-bond donors (Lipinski definition) is 2. The predicted molar refractivity (Wildman–Crippen MR) is 114 cm³/mol. The molecular weight excluding hydrogens is 352 g/mol. The molecule has 0 amide bonds. The van der Waals surface area contributed by atoms with Crippen LogP contribution in [0.5, 0.6) is 5.75 Å². The van der Waals surface area contributed by atoms with Crippen LogP contribution in [0.2, 0.25) is 0 Å². The molecule has 2 heterocycles. The Morgan fingerprint density at radius 1 is 1.14 bits per heavy atom. The quantitative estimate of drug-likeness (QED) is 0.529. The van der Waals surface area contributed by atoms with Gasteiger partial charge in [0, 0.05) is 31.8 Å². The summed E-state index contributed by atoms with van der Waals surface area (Å²) in [5.74, 6) is 1.82. The van der Waals surface area contributed by atoms with E-state index >= 15 is 0 Å². The number of aliphatic imine (C=N–C) groups is 1. The van der Waals surface area contributed by atoms with E-state index in [4.69, 9.17) is 14.5 Å². The number of nitrogens with one attached hydrogen (secondary N) is 2. The molecule has 2 fully saturated rings. The summed E-state index contributed by atoms with van der Waals surface area (Å²) in [7, 11) is 1.70. The van der Waals surface area contributed by atoms with E-state index in [1.165, 1.54) is 31.5 Å². The second-order valence-corrected chi connectivity index (χ2v) is 7.75. The van der Waals surface area contributed by atoms with Gasteiger partial charge in [-0.2, -0.15) is 0 Å². The van der Waals surface area contributed by atoms with Gasteiger partial charge in [-0.1, -0.05) is 12.1 Å². The van der Waals surface area contributed by atoms with Gasteiger partial charge in [-0.05, 0) is 69.8 Å². The zero-order valence-corrected chi connectivity index (χ0v) is 17.5. The number of likely N-dealkylation sites (tertiary alicyclic amines) is 1. The fraction of sp³-hybridized carbons (Fsp3) is 0.682.